The molecule has 0 bridgehead atoms. The summed E-state index contributed by atoms with van der Waals surface area (Å²) in [6, 6.07) is 6.21. The second-order valence-electron chi connectivity index (χ2n) is 5.35. The summed E-state index contributed by atoms with van der Waals surface area (Å²) in [4.78, 5) is 24.3. The fraction of sp³-hybridized carbons (Fsp3) is 0.500. The number of carbonyl (C=O) groups is 2. The van der Waals surface area contributed by atoms with E-state index < -0.39 is 6.04 Å². The Bertz CT molecular complexity index is 512. The number of hydrogen-bond donors (Lipinski definition) is 1. The zero-order valence-electron chi connectivity index (χ0n) is 12.1. The number of benzene rings is 1. The molecule has 1 aliphatic carbocycles. The van der Waals surface area contributed by atoms with Gasteiger partial charge in [0.2, 0.25) is 0 Å². The molecule has 1 N–H and O–H groups in total. The number of ether oxygens (including phenoxy) is 1. The van der Waals surface area contributed by atoms with Crippen molar-refractivity contribution in [2.24, 2.45) is 5.92 Å². The van der Waals surface area contributed by atoms with Crippen molar-refractivity contribution in [3.63, 3.8) is 0 Å². The lowest BCUT2D eigenvalue weighted by Gasteiger charge is -2.29. The topological polar surface area (TPSA) is 55.4 Å². The highest BCUT2D eigenvalue weighted by molar-refractivity contribution is 6.33. The Kier molecular flexibility index (Phi) is 5.62. The van der Waals surface area contributed by atoms with Crippen molar-refractivity contribution >= 4 is 23.5 Å². The van der Waals surface area contributed by atoms with Crippen molar-refractivity contribution in [2.75, 3.05) is 7.11 Å². The van der Waals surface area contributed by atoms with E-state index in [-0.39, 0.29) is 17.8 Å². The highest BCUT2D eigenvalue weighted by Crippen LogP contribution is 2.27. The number of rotatable bonds is 4. The van der Waals surface area contributed by atoms with Crippen molar-refractivity contribution in [1.82, 2.24) is 5.32 Å². The van der Waals surface area contributed by atoms with Gasteiger partial charge in [-0.2, -0.15) is 0 Å². The third kappa shape index (κ3) is 3.97. The van der Waals surface area contributed by atoms with Gasteiger partial charge in [0, 0.05) is 0 Å². The first-order chi connectivity index (χ1) is 10.1. The van der Waals surface area contributed by atoms with E-state index in [0.717, 1.165) is 25.7 Å². The van der Waals surface area contributed by atoms with Gasteiger partial charge in [0.1, 0.15) is 6.04 Å². The summed E-state index contributed by atoms with van der Waals surface area (Å²) in [7, 11) is 1.35. The Labute approximate surface area is 129 Å². The molecule has 1 aromatic carbocycles. The lowest BCUT2D eigenvalue weighted by Crippen LogP contribution is -2.47. The zero-order chi connectivity index (χ0) is 15.2. The monoisotopic (exact) mass is 309 g/mol. The molecule has 1 amide bonds. The van der Waals surface area contributed by atoms with Crippen LogP contribution in [0, 0.1) is 5.92 Å². The number of hydrogen-bond acceptors (Lipinski definition) is 3. The Morgan fingerprint density at radius 2 is 1.90 bits per heavy atom. The van der Waals surface area contributed by atoms with E-state index in [1.807, 2.05) is 0 Å². The van der Waals surface area contributed by atoms with Gasteiger partial charge >= 0.3 is 5.97 Å². The van der Waals surface area contributed by atoms with Crippen LogP contribution < -0.4 is 5.32 Å². The quantitative estimate of drug-likeness (QED) is 0.869. The smallest absolute Gasteiger partial charge is 0.328 e. The van der Waals surface area contributed by atoms with Crippen LogP contribution in [0.1, 0.15) is 42.5 Å². The Morgan fingerprint density at radius 3 is 2.52 bits per heavy atom. The molecule has 1 aromatic rings. The second kappa shape index (κ2) is 7.46. The van der Waals surface area contributed by atoms with Gasteiger partial charge in [-0.25, -0.2) is 4.79 Å². The summed E-state index contributed by atoms with van der Waals surface area (Å²) >= 11 is 6.02. The molecule has 2 rings (SSSR count). The third-order valence-electron chi connectivity index (χ3n) is 3.98. The first-order valence-electron chi connectivity index (χ1n) is 7.26. The minimum Gasteiger partial charge on any atom is -0.467 e. The molecule has 1 atom stereocenters. The summed E-state index contributed by atoms with van der Waals surface area (Å²) in [6.45, 7) is 0. The third-order valence-corrected chi connectivity index (χ3v) is 4.31. The Morgan fingerprint density at radius 1 is 1.24 bits per heavy atom. The number of amides is 1. The maximum Gasteiger partial charge on any atom is 0.328 e. The van der Waals surface area contributed by atoms with Crippen molar-refractivity contribution in [3.05, 3.63) is 34.9 Å². The number of halogens is 1. The van der Waals surface area contributed by atoms with Crippen molar-refractivity contribution in [1.29, 1.82) is 0 Å². The molecule has 0 aromatic heterocycles. The number of nitrogens with one attached hydrogen (secondary N) is 1. The van der Waals surface area contributed by atoms with Crippen LogP contribution in [0.2, 0.25) is 5.02 Å². The minimum atomic E-state index is -0.598. The molecule has 0 heterocycles. The summed E-state index contributed by atoms with van der Waals surface area (Å²) in [5, 5.41) is 3.17. The van der Waals surface area contributed by atoms with E-state index in [4.69, 9.17) is 16.3 Å². The molecule has 4 nitrogen and oxygen atoms in total. The van der Waals surface area contributed by atoms with E-state index in [2.05, 4.69) is 5.32 Å². The fourth-order valence-electron chi connectivity index (χ4n) is 2.83. The first kappa shape index (κ1) is 15.8. The van der Waals surface area contributed by atoms with Gasteiger partial charge in [0.25, 0.3) is 5.91 Å². The molecule has 21 heavy (non-hydrogen) atoms. The maximum absolute atomic E-state index is 12.3. The molecule has 114 valence electrons. The molecule has 5 heteroatoms. The molecule has 1 fully saturated rings. The number of carbonyl (C=O) groups excluding carboxylic acids is 2. The highest BCUT2D eigenvalue weighted by atomic mass is 35.5. The molecule has 1 aliphatic rings. The first-order valence-corrected chi connectivity index (χ1v) is 7.64. The van der Waals surface area contributed by atoms with Gasteiger partial charge in [-0.1, -0.05) is 43.0 Å². The summed E-state index contributed by atoms with van der Waals surface area (Å²) in [5.74, 6) is -0.582. The van der Waals surface area contributed by atoms with E-state index in [1.165, 1.54) is 13.5 Å². The zero-order valence-corrected chi connectivity index (χ0v) is 12.9. The maximum atomic E-state index is 12.3. The van der Waals surface area contributed by atoms with Crippen LogP contribution in [-0.2, 0) is 9.53 Å². The van der Waals surface area contributed by atoms with E-state index >= 15 is 0 Å². The predicted molar refractivity (Wildman–Crippen MR) is 81.3 cm³/mol. The van der Waals surface area contributed by atoms with E-state index in [9.17, 15) is 9.59 Å². The van der Waals surface area contributed by atoms with Crippen LogP contribution in [0.25, 0.3) is 0 Å². The summed E-state index contributed by atoms with van der Waals surface area (Å²) in [6.07, 6.45) is 5.22. The van der Waals surface area contributed by atoms with Gasteiger partial charge in [-0.3, -0.25) is 4.79 Å². The summed E-state index contributed by atoms with van der Waals surface area (Å²) < 4.78 is 4.85. The molecule has 0 unspecified atom stereocenters. The van der Waals surface area contributed by atoms with Gasteiger partial charge in [0.05, 0.1) is 17.7 Å². The van der Waals surface area contributed by atoms with Crippen LogP contribution in [0.15, 0.2) is 24.3 Å². The van der Waals surface area contributed by atoms with E-state index in [0.29, 0.717) is 10.6 Å². The Balaban J connectivity index is 2.13. The highest BCUT2D eigenvalue weighted by Gasteiger charge is 2.32. The van der Waals surface area contributed by atoms with Crippen LogP contribution in [0.3, 0.4) is 0 Å². The molecular weight excluding hydrogens is 290 g/mol. The van der Waals surface area contributed by atoms with Gasteiger partial charge in [-0.05, 0) is 30.9 Å². The molecule has 0 saturated heterocycles. The lowest BCUT2D eigenvalue weighted by atomic mass is 9.83. The lowest BCUT2D eigenvalue weighted by molar-refractivity contribution is -0.144. The molecular formula is C16H20ClNO3. The molecule has 1 saturated carbocycles. The molecule has 0 spiro atoms. The molecule has 0 aliphatic heterocycles. The van der Waals surface area contributed by atoms with Crippen LogP contribution in [-0.4, -0.2) is 25.0 Å². The second-order valence-corrected chi connectivity index (χ2v) is 5.76. The van der Waals surface area contributed by atoms with Gasteiger partial charge in [-0.15, -0.1) is 0 Å². The average molecular weight is 310 g/mol. The number of esters is 1. The van der Waals surface area contributed by atoms with Crippen LogP contribution in [0.4, 0.5) is 0 Å². The van der Waals surface area contributed by atoms with Crippen LogP contribution in [0.5, 0.6) is 0 Å². The minimum absolute atomic E-state index is 0.137. The Hall–Kier alpha value is -1.55. The van der Waals surface area contributed by atoms with Crippen molar-refractivity contribution < 1.29 is 14.3 Å². The largest absolute Gasteiger partial charge is 0.467 e. The molecule has 0 radical (unpaired) electrons. The van der Waals surface area contributed by atoms with Crippen LogP contribution >= 0.6 is 11.6 Å². The van der Waals surface area contributed by atoms with Gasteiger partial charge in [0.15, 0.2) is 0 Å². The van der Waals surface area contributed by atoms with E-state index in [1.54, 1.807) is 24.3 Å². The summed E-state index contributed by atoms with van der Waals surface area (Å²) in [5.41, 5.74) is 0.379. The van der Waals surface area contributed by atoms with Crippen molar-refractivity contribution in [3.8, 4) is 0 Å². The fourth-order valence-corrected chi connectivity index (χ4v) is 3.05. The SMILES string of the molecule is COC(=O)[C@@H](NC(=O)c1ccccc1Cl)C1CCCCC1. The average Bonchev–Trinajstić information content (AvgIpc) is 2.53. The van der Waals surface area contributed by atoms with Gasteiger partial charge < -0.3 is 10.1 Å². The number of methoxy groups -OCH3 is 1. The standard InChI is InChI=1S/C16H20ClNO3/c1-21-16(20)14(11-7-3-2-4-8-11)18-15(19)12-9-5-6-10-13(12)17/h5-6,9-11,14H,2-4,7-8H2,1H3,(H,18,19)/t14-/m0/s1. The normalized spacial score (nSPS) is 17.0. The predicted octanol–water partition coefficient (Wildman–Crippen LogP) is 3.19. The van der Waals surface area contributed by atoms with Crippen molar-refractivity contribution in [2.45, 2.75) is 38.1 Å².